The molecule has 54 heavy (non-hydrogen) atoms. The fraction of sp³-hybridized carbons (Fsp3) is 0. The van der Waals surface area contributed by atoms with E-state index in [1.165, 1.54) is 52.5 Å². The monoisotopic (exact) mass is 860 g/mol. The summed E-state index contributed by atoms with van der Waals surface area (Å²) < 4.78 is 9.52. The van der Waals surface area contributed by atoms with Crippen molar-refractivity contribution in [2.24, 2.45) is 0 Å². The van der Waals surface area contributed by atoms with Gasteiger partial charge in [0.1, 0.15) is 0 Å². The average molecular weight is 859 g/mol. The van der Waals surface area contributed by atoms with Gasteiger partial charge in [-0.2, -0.15) is 0 Å². The number of hydrogen-bond donors (Lipinski definition) is 0. The van der Waals surface area contributed by atoms with E-state index in [1.807, 2.05) is 102 Å². The van der Waals surface area contributed by atoms with E-state index >= 15 is 0 Å². The summed E-state index contributed by atoms with van der Waals surface area (Å²) in [7, 11) is 0. The fourth-order valence-electron chi connectivity index (χ4n) is 6.86. The van der Waals surface area contributed by atoms with E-state index in [2.05, 4.69) is 81.7 Å². The molecule has 0 atom stereocenters. The Hall–Kier alpha value is -5.44. The summed E-state index contributed by atoms with van der Waals surface area (Å²) in [6.07, 6.45) is 5.47. The van der Waals surface area contributed by atoms with Crippen LogP contribution in [-0.4, -0.2) is 58.9 Å². The van der Waals surface area contributed by atoms with Crippen molar-refractivity contribution in [1.82, 2.24) is 29.9 Å². The number of nitrogens with zero attached hydrogens (tertiary/aromatic N) is 6. The van der Waals surface area contributed by atoms with E-state index in [0.717, 1.165) is 51.2 Å². The van der Waals surface area contributed by atoms with Crippen LogP contribution in [0.15, 0.2) is 146 Å². The van der Waals surface area contributed by atoms with E-state index in [4.69, 9.17) is 15.0 Å². The number of fused-ring (bicyclic) bond motifs is 8. The molecule has 6 nitrogen and oxygen atoms in total. The van der Waals surface area contributed by atoms with Crippen LogP contribution in [0, 0.1) is 0 Å². The summed E-state index contributed by atoms with van der Waals surface area (Å²) in [5, 5.41) is 4.06. The third-order valence-corrected chi connectivity index (χ3v) is 17.4. The molecule has 0 aliphatic heterocycles. The topological polar surface area (TPSA) is 77.3 Å². The van der Waals surface area contributed by atoms with Crippen molar-refractivity contribution in [3.63, 3.8) is 0 Å². The van der Waals surface area contributed by atoms with Crippen LogP contribution >= 0.6 is 22.7 Å². The molecule has 10 heterocycles. The third kappa shape index (κ3) is 5.50. The number of pyridine rings is 6. The molecule has 10 heteroatoms. The average Bonchev–Trinajstić information content (AvgIpc) is 4.05. The summed E-state index contributed by atoms with van der Waals surface area (Å²) in [4.78, 5) is 30.3. The third-order valence-electron chi connectivity index (χ3n) is 9.34. The summed E-state index contributed by atoms with van der Waals surface area (Å²) in [6, 6.07) is 43.9. The molecule has 1 aromatic carbocycles. The maximum absolute atomic E-state index is 5.16. The molecule has 0 fully saturated rings. The maximum atomic E-state index is 5.16. The van der Waals surface area contributed by atoms with Gasteiger partial charge in [-0.1, -0.05) is 0 Å². The van der Waals surface area contributed by atoms with Crippen LogP contribution in [0.25, 0.3) is 104 Å². The summed E-state index contributed by atoms with van der Waals surface area (Å²) in [5.41, 5.74) is 8.34. The Morgan fingerprint density at radius 1 is 0.389 bits per heavy atom. The van der Waals surface area contributed by atoms with Gasteiger partial charge in [0.15, 0.2) is 0 Å². The van der Waals surface area contributed by atoms with Gasteiger partial charge in [-0.15, -0.1) is 0 Å². The number of hydrogen-bond acceptors (Lipinski definition) is 8. The van der Waals surface area contributed by atoms with Crippen LogP contribution in [0.1, 0.15) is 0 Å². The van der Waals surface area contributed by atoms with Gasteiger partial charge in [0.25, 0.3) is 0 Å². The molecular formula is C44H24N6S2Se2. The zero-order valence-electron chi connectivity index (χ0n) is 28.2. The predicted molar refractivity (Wildman–Crippen MR) is 225 cm³/mol. The number of aromatic nitrogens is 6. The van der Waals surface area contributed by atoms with E-state index in [-0.39, 0.29) is 29.0 Å². The summed E-state index contributed by atoms with van der Waals surface area (Å²) in [5.74, 6) is 0. The molecule has 0 saturated heterocycles. The van der Waals surface area contributed by atoms with Crippen molar-refractivity contribution in [2.75, 3.05) is 0 Å². The van der Waals surface area contributed by atoms with Crippen molar-refractivity contribution < 1.29 is 0 Å². The van der Waals surface area contributed by atoms with Crippen molar-refractivity contribution >= 4 is 90.5 Å². The molecule has 11 rings (SSSR count). The zero-order chi connectivity index (χ0) is 35.6. The van der Waals surface area contributed by atoms with Crippen molar-refractivity contribution in [2.45, 2.75) is 0 Å². The van der Waals surface area contributed by atoms with Crippen molar-refractivity contribution in [1.29, 1.82) is 0 Å². The Morgan fingerprint density at radius 2 is 0.852 bits per heavy atom. The van der Waals surface area contributed by atoms with Gasteiger partial charge in [-0.3, -0.25) is 0 Å². The first kappa shape index (κ1) is 32.0. The van der Waals surface area contributed by atoms with Crippen molar-refractivity contribution in [3.05, 3.63) is 146 Å². The molecule has 0 aliphatic carbocycles. The second-order valence-electron chi connectivity index (χ2n) is 12.7. The molecule has 0 unspecified atom stereocenters. The Balaban J connectivity index is 1.12. The summed E-state index contributed by atoms with van der Waals surface area (Å²) in [6.45, 7) is 0. The quantitative estimate of drug-likeness (QED) is 0.155. The second-order valence-corrected chi connectivity index (χ2v) is 19.2. The van der Waals surface area contributed by atoms with E-state index in [1.54, 1.807) is 0 Å². The minimum absolute atomic E-state index is 0.0740. The van der Waals surface area contributed by atoms with Crippen molar-refractivity contribution in [3.8, 4) is 65.0 Å². The Labute approximate surface area is 329 Å². The second kappa shape index (κ2) is 13.1. The van der Waals surface area contributed by atoms with Gasteiger partial charge in [-0.05, 0) is 6.07 Å². The van der Waals surface area contributed by atoms with Gasteiger partial charge >= 0.3 is 325 Å². The first-order valence-electron chi connectivity index (χ1n) is 17.3. The van der Waals surface area contributed by atoms with Gasteiger partial charge < -0.3 is 0 Å². The first-order valence-corrected chi connectivity index (χ1v) is 22.3. The van der Waals surface area contributed by atoms with Crippen LogP contribution in [0.5, 0.6) is 0 Å². The normalized spacial score (nSPS) is 11.7. The molecule has 0 bridgehead atoms. The zero-order valence-corrected chi connectivity index (χ0v) is 33.2. The summed E-state index contributed by atoms with van der Waals surface area (Å²) >= 11 is 3.91. The molecule has 0 saturated carbocycles. The Bertz CT molecular complexity index is 3170. The van der Waals surface area contributed by atoms with E-state index in [0.29, 0.717) is 0 Å². The van der Waals surface area contributed by atoms with Gasteiger partial charge in [0.2, 0.25) is 0 Å². The molecular weight excluding hydrogens is 835 g/mol. The molecule has 0 radical (unpaired) electrons. The SMILES string of the molecule is c1ccc(-c2cccc(-c3cc4sc5c6cc(-c7cccc(-c8ccccn8)n7)[se]c6c6[se]c(-c7cccc(-c8ccccn8)n7)cc6c5c4s3)n2)nc1. The standard InChI is InChI=1S/C44H24N6S2Se2/c1-4-19-45-27(10-1)30-13-7-16-33(48-30)36-24-37-42(51-36)40-25-22-38(34-17-8-14-31(49-34)28-11-2-5-20-46-28)53-43(25)44-26(41(40)52-37)23-39(54-44)35-18-9-15-32(50-35)29-12-3-6-21-47-29/h1-24H. The minimum atomic E-state index is 0.0740. The fourth-order valence-corrected chi connectivity index (χ4v) is 15.1. The number of rotatable bonds is 6. The molecule has 0 amide bonds. The number of benzene rings is 1. The first-order chi connectivity index (χ1) is 26.7. The Kier molecular flexibility index (Phi) is 7.80. The molecule has 254 valence electrons. The molecule has 0 N–H and O–H groups in total. The van der Waals surface area contributed by atoms with Crippen LogP contribution in [0.2, 0.25) is 0 Å². The molecule has 0 aliphatic rings. The number of thiophene rings is 2. The van der Waals surface area contributed by atoms with Gasteiger partial charge in [0.05, 0.1) is 0 Å². The van der Waals surface area contributed by atoms with Gasteiger partial charge in [-0.25, -0.2) is 0 Å². The Morgan fingerprint density at radius 3 is 1.39 bits per heavy atom. The van der Waals surface area contributed by atoms with E-state index < -0.39 is 0 Å². The van der Waals surface area contributed by atoms with Crippen LogP contribution in [0.4, 0.5) is 0 Å². The molecule has 11 aromatic rings. The predicted octanol–water partition coefficient (Wildman–Crippen LogP) is 10.9. The van der Waals surface area contributed by atoms with Gasteiger partial charge in [0, 0.05) is 0 Å². The van der Waals surface area contributed by atoms with E-state index in [9.17, 15) is 0 Å². The van der Waals surface area contributed by atoms with Crippen LogP contribution in [-0.2, 0) is 0 Å². The van der Waals surface area contributed by atoms with Crippen LogP contribution < -0.4 is 0 Å². The molecule has 10 aromatic heterocycles. The molecule has 0 spiro atoms. The van der Waals surface area contributed by atoms with Crippen LogP contribution in [0.3, 0.4) is 0 Å².